The van der Waals surface area contributed by atoms with Gasteiger partial charge in [-0.15, -0.1) is 0 Å². The number of fused-ring (bicyclic) bond motifs is 1. The zero-order chi connectivity index (χ0) is 17.2. The Morgan fingerprint density at radius 2 is 2.24 bits per heavy atom. The summed E-state index contributed by atoms with van der Waals surface area (Å²) in [6, 6.07) is 4.21. The van der Waals surface area contributed by atoms with E-state index >= 15 is 0 Å². The highest BCUT2D eigenvalue weighted by Crippen LogP contribution is 2.39. The van der Waals surface area contributed by atoms with Crippen molar-refractivity contribution in [3.63, 3.8) is 0 Å². The largest absolute Gasteiger partial charge is 0.358 e. The van der Waals surface area contributed by atoms with Gasteiger partial charge in [0.25, 0.3) is 0 Å². The smallest absolute Gasteiger partial charge is 0.304 e. The van der Waals surface area contributed by atoms with Gasteiger partial charge in [-0.25, -0.2) is 9.97 Å². The van der Waals surface area contributed by atoms with Crippen molar-refractivity contribution < 1.29 is 0 Å². The van der Waals surface area contributed by atoms with Gasteiger partial charge in [0.15, 0.2) is 0 Å². The third-order valence-electron chi connectivity index (χ3n) is 5.01. The molecule has 3 heterocycles. The predicted octanol–water partition coefficient (Wildman–Crippen LogP) is 4.02. The number of hydrogen-bond acceptors (Lipinski definition) is 4. The summed E-state index contributed by atoms with van der Waals surface area (Å²) in [5.74, 6) is 0.769. The summed E-state index contributed by atoms with van der Waals surface area (Å²) in [6.07, 6.45) is 10.2. The van der Waals surface area contributed by atoms with Crippen LogP contribution in [-0.2, 0) is 0 Å². The molecule has 1 fully saturated rings. The van der Waals surface area contributed by atoms with E-state index in [0.717, 1.165) is 23.9 Å². The zero-order valence-electron chi connectivity index (χ0n) is 13.7. The number of hydrogen-bond donors (Lipinski definition) is 1. The first-order chi connectivity index (χ1) is 12.3. The first-order valence-electron chi connectivity index (χ1n) is 8.44. The van der Waals surface area contributed by atoms with Crippen molar-refractivity contribution in [1.82, 2.24) is 24.7 Å². The van der Waals surface area contributed by atoms with Crippen molar-refractivity contribution in [3.05, 3.63) is 36.2 Å². The molecule has 1 aliphatic rings. The van der Waals surface area contributed by atoms with Crippen molar-refractivity contribution in [2.24, 2.45) is 5.92 Å². The Bertz CT molecular complexity index is 979. The van der Waals surface area contributed by atoms with Crippen molar-refractivity contribution >= 4 is 16.9 Å². The zero-order valence-corrected chi connectivity index (χ0v) is 13.7. The van der Waals surface area contributed by atoms with Gasteiger partial charge in [0.05, 0.1) is 24.2 Å². The minimum Gasteiger partial charge on any atom is -0.358 e. The van der Waals surface area contributed by atoms with Crippen LogP contribution in [0.1, 0.15) is 38.1 Å². The highest BCUT2D eigenvalue weighted by Gasteiger charge is 2.30. The molecular weight excluding hydrogens is 314 g/mol. The molecule has 7 nitrogen and oxygen atoms in total. The topological polar surface area (TPSA) is 87.5 Å². The van der Waals surface area contributed by atoms with E-state index in [4.69, 9.17) is 6.57 Å². The van der Waals surface area contributed by atoms with Crippen LogP contribution in [0, 0.1) is 23.8 Å². The fourth-order valence-corrected chi connectivity index (χ4v) is 3.80. The van der Waals surface area contributed by atoms with Gasteiger partial charge < -0.3 is 9.83 Å². The van der Waals surface area contributed by atoms with E-state index in [9.17, 15) is 5.26 Å². The fraction of sp³-hybridized carbons (Fsp3) is 0.389. The number of aromatic nitrogens is 5. The number of aromatic amines is 1. The normalized spacial score (nSPS) is 15.9. The van der Waals surface area contributed by atoms with Crippen LogP contribution >= 0.6 is 0 Å². The Hall–Kier alpha value is -3.19. The first-order valence-corrected chi connectivity index (χ1v) is 8.44. The van der Waals surface area contributed by atoms with Gasteiger partial charge in [-0.05, 0) is 29.9 Å². The molecule has 0 radical (unpaired) electrons. The SMILES string of the molecule is [C-]#[N+]c1nn(C(CC#N)C2CCCC2)cc1-c1ncnc2[nH]ccc12. The Balaban J connectivity index is 1.81. The summed E-state index contributed by atoms with van der Waals surface area (Å²) < 4.78 is 1.82. The highest BCUT2D eigenvalue weighted by molar-refractivity contribution is 5.93. The summed E-state index contributed by atoms with van der Waals surface area (Å²) in [4.78, 5) is 15.2. The molecule has 0 amide bonds. The molecule has 3 aromatic heterocycles. The minimum absolute atomic E-state index is 0.0188. The molecule has 4 rings (SSSR count). The van der Waals surface area contributed by atoms with Gasteiger partial charge >= 0.3 is 5.82 Å². The van der Waals surface area contributed by atoms with Crippen molar-refractivity contribution in [2.45, 2.75) is 38.1 Å². The van der Waals surface area contributed by atoms with Crippen LogP contribution < -0.4 is 0 Å². The van der Waals surface area contributed by atoms with Gasteiger partial charge in [0.2, 0.25) is 0 Å². The van der Waals surface area contributed by atoms with Crippen LogP contribution in [-0.4, -0.2) is 24.7 Å². The molecule has 1 aliphatic carbocycles. The van der Waals surface area contributed by atoms with E-state index in [1.165, 1.54) is 19.2 Å². The molecule has 0 spiro atoms. The average molecular weight is 331 g/mol. The Kier molecular flexibility index (Phi) is 3.91. The maximum Gasteiger partial charge on any atom is 0.304 e. The van der Waals surface area contributed by atoms with Gasteiger partial charge in [-0.2, -0.15) is 9.94 Å². The summed E-state index contributed by atoms with van der Waals surface area (Å²) in [5.41, 5.74) is 2.13. The van der Waals surface area contributed by atoms with Crippen molar-refractivity contribution in [2.75, 3.05) is 0 Å². The maximum absolute atomic E-state index is 9.25. The van der Waals surface area contributed by atoms with Crippen molar-refractivity contribution in [1.29, 1.82) is 5.26 Å². The number of nitriles is 1. The molecule has 1 saturated carbocycles. The molecule has 3 aromatic rings. The van der Waals surface area contributed by atoms with Crippen LogP contribution in [0.15, 0.2) is 24.8 Å². The Morgan fingerprint density at radius 1 is 1.40 bits per heavy atom. The van der Waals surface area contributed by atoms with Crippen LogP contribution in [0.25, 0.3) is 27.1 Å². The molecule has 7 heteroatoms. The standard InChI is InChI=1S/C18H17N7/c1-20-17-14(16-13-7-9-21-18(13)23-11-22-16)10-25(24-17)15(6-8-19)12-4-2-3-5-12/h7,9-12,15H,2-6H2,(H,21,22,23). The van der Waals surface area contributed by atoms with E-state index < -0.39 is 0 Å². The second-order valence-electron chi connectivity index (χ2n) is 6.39. The molecule has 0 aliphatic heterocycles. The van der Waals surface area contributed by atoms with E-state index in [1.54, 1.807) is 0 Å². The Labute approximate surface area is 145 Å². The molecule has 1 atom stereocenters. The monoisotopic (exact) mass is 331 g/mol. The minimum atomic E-state index is 0.0188. The quantitative estimate of drug-likeness (QED) is 0.731. The predicted molar refractivity (Wildman–Crippen MR) is 92.6 cm³/mol. The maximum atomic E-state index is 9.25. The van der Waals surface area contributed by atoms with E-state index in [2.05, 4.69) is 31.0 Å². The summed E-state index contributed by atoms with van der Waals surface area (Å²) >= 11 is 0. The molecule has 0 bridgehead atoms. The summed E-state index contributed by atoms with van der Waals surface area (Å²) in [6.45, 7) is 7.50. The first kappa shape index (κ1) is 15.3. The van der Waals surface area contributed by atoms with Crippen LogP contribution in [0.3, 0.4) is 0 Å². The fourth-order valence-electron chi connectivity index (χ4n) is 3.80. The van der Waals surface area contributed by atoms with Crippen LogP contribution in [0.2, 0.25) is 0 Å². The van der Waals surface area contributed by atoms with E-state index in [0.29, 0.717) is 29.4 Å². The molecule has 0 saturated heterocycles. The number of nitrogens with zero attached hydrogens (tertiary/aromatic N) is 6. The van der Waals surface area contributed by atoms with Crippen LogP contribution in [0.4, 0.5) is 5.82 Å². The molecule has 1 unspecified atom stereocenters. The third-order valence-corrected chi connectivity index (χ3v) is 5.01. The molecule has 0 aromatic carbocycles. The molecule has 1 N–H and O–H groups in total. The lowest BCUT2D eigenvalue weighted by molar-refractivity contribution is 0.315. The van der Waals surface area contributed by atoms with Gasteiger partial charge in [0, 0.05) is 23.3 Å². The second kappa shape index (κ2) is 6.37. The molecular formula is C18H17N7. The second-order valence-corrected chi connectivity index (χ2v) is 6.39. The van der Waals surface area contributed by atoms with Gasteiger partial charge in [0.1, 0.15) is 12.0 Å². The summed E-state index contributed by atoms with van der Waals surface area (Å²) in [7, 11) is 0. The van der Waals surface area contributed by atoms with Crippen LogP contribution in [0.5, 0.6) is 0 Å². The number of rotatable bonds is 4. The lowest BCUT2D eigenvalue weighted by Crippen LogP contribution is -2.17. The number of H-pyrrole nitrogens is 1. The van der Waals surface area contributed by atoms with E-state index in [1.807, 2.05) is 23.1 Å². The average Bonchev–Trinajstić information content (AvgIpc) is 3.39. The summed E-state index contributed by atoms with van der Waals surface area (Å²) in [5, 5.41) is 14.6. The molecule has 124 valence electrons. The van der Waals surface area contributed by atoms with Gasteiger partial charge in [-0.1, -0.05) is 19.4 Å². The molecule has 25 heavy (non-hydrogen) atoms. The highest BCUT2D eigenvalue weighted by atomic mass is 15.3. The third kappa shape index (κ3) is 2.64. The Morgan fingerprint density at radius 3 is 3.00 bits per heavy atom. The van der Waals surface area contributed by atoms with Gasteiger partial charge in [-0.3, -0.25) is 0 Å². The van der Waals surface area contributed by atoms with Crippen molar-refractivity contribution in [3.8, 4) is 17.3 Å². The van der Waals surface area contributed by atoms with E-state index in [-0.39, 0.29) is 6.04 Å². The lowest BCUT2D eigenvalue weighted by Gasteiger charge is -2.18. The number of nitrogens with one attached hydrogen (secondary N) is 1. The lowest BCUT2D eigenvalue weighted by atomic mass is 9.96.